The maximum absolute atomic E-state index is 13.0. The summed E-state index contributed by atoms with van der Waals surface area (Å²) in [6, 6.07) is 8.12. The Hall–Kier alpha value is -2.78. The summed E-state index contributed by atoms with van der Waals surface area (Å²) >= 11 is 1.43. The number of carbonyl (C=O) groups excluding carboxylic acids is 1. The highest BCUT2D eigenvalue weighted by Crippen LogP contribution is 2.31. The van der Waals surface area contributed by atoms with Gasteiger partial charge in [-0.1, -0.05) is 23.5 Å². The summed E-state index contributed by atoms with van der Waals surface area (Å²) in [6.07, 6.45) is 5.62. The fourth-order valence-corrected chi connectivity index (χ4v) is 4.61. The van der Waals surface area contributed by atoms with E-state index in [1.165, 1.54) is 30.4 Å². The SMILES string of the molecule is CC(=O)N[C@@H](C)COC1CCC(Oc2cc3sc(OCc4ccc(F)cc4)nc3cn2)CC1. The molecule has 0 saturated heterocycles. The van der Waals surface area contributed by atoms with E-state index < -0.39 is 0 Å². The first-order valence-electron chi connectivity index (χ1n) is 11.1. The second-order valence-corrected chi connectivity index (χ2v) is 9.33. The van der Waals surface area contributed by atoms with E-state index in [9.17, 15) is 9.18 Å². The largest absolute Gasteiger partial charge is 0.474 e. The van der Waals surface area contributed by atoms with Crippen LogP contribution in [0.2, 0.25) is 0 Å². The Balaban J connectivity index is 1.25. The molecule has 1 atom stereocenters. The van der Waals surface area contributed by atoms with Gasteiger partial charge in [0.1, 0.15) is 24.0 Å². The van der Waals surface area contributed by atoms with Gasteiger partial charge in [0.05, 0.1) is 23.6 Å². The fourth-order valence-electron chi connectivity index (χ4n) is 3.80. The topological polar surface area (TPSA) is 82.6 Å². The first-order chi connectivity index (χ1) is 15.9. The molecule has 1 aromatic carbocycles. The van der Waals surface area contributed by atoms with Crippen molar-refractivity contribution in [1.29, 1.82) is 0 Å². The molecule has 9 heteroatoms. The van der Waals surface area contributed by atoms with E-state index in [0.29, 0.717) is 24.3 Å². The summed E-state index contributed by atoms with van der Waals surface area (Å²) in [5.74, 6) is 0.273. The maximum Gasteiger partial charge on any atom is 0.274 e. The van der Waals surface area contributed by atoms with Crippen LogP contribution in [0.3, 0.4) is 0 Å². The quantitative estimate of drug-likeness (QED) is 0.488. The minimum atomic E-state index is -0.269. The molecule has 0 aliphatic heterocycles. The van der Waals surface area contributed by atoms with Crippen molar-refractivity contribution in [3.8, 4) is 11.1 Å². The fraction of sp³-hybridized carbons (Fsp3) is 0.458. The van der Waals surface area contributed by atoms with Crippen LogP contribution in [-0.2, 0) is 16.1 Å². The standard InChI is InChI=1S/C24H28FN3O4S/c1-15(27-16(2)29)13-30-19-7-9-20(10-8-19)32-23-11-22-21(12-26-23)28-24(33-22)31-14-17-3-5-18(25)6-4-17/h3-6,11-12,15,19-20H,7-10,13-14H2,1-2H3,(H,27,29)/t15-,19?,20?/m0/s1. The third-order valence-corrected chi connectivity index (χ3v) is 6.38. The minimum Gasteiger partial charge on any atom is -0.474 e. The van der Waals surface area contributed by atoms with Crippen molar-refractivity contribution in [3.63, 3.8) is 0 Å². The molecule has 2 heterocycles. The zero-order valence-corrected chi connectivity index (χ0v) is 19.6. The van der Waals surface area contributed by atoms with Crippen molar-refractivity contribution in [2.45, 2.75) is 64.4 Å². The molecule has 0 radical (unpaired) electrons. The van der Waals surface area contributed by atoms with Gasteiger partial charge in [-0.3, -0.25) is 4.79 Å². The molecule has 7 nitrogen and oxygen atoms in total. The molecular formula is C24H28FN3O4S. The molecule has 1 saturated carbocycles. The maximum atomic E-state index is 13.0. The molecule has 0 spiro atoms. The van der Waals surface area contributed by atoms with Crippen molar-refractivity contribution in [3.05, 3.63) is 47.9 Å². The van der Waals surface area contributed by atoms with E-state index in [0.717, 1.165) is 41.5 Å². The smallest absolute Gasteiger partial charge is 0.274 e. The number of carbonyl (C=O) groups is 1. The molecule has 176 valence electrons. The van der Waals surface area contributed by atoms with E-state index in [1.54, 1.807) is 18.3 Å². The summed E-state index contributed by atoms with van der Waals surface area (Å²) in [4.78, 5) is 20.0. The van der Waals surface area contributed by atoms with Crippen molar-refractivity contribution in [2.24, 2.45) is 0 Å². The number of aromatic nitrogens is 2. The Bertz CT molecular complexity index is 1070. The van der Waals surface area contributed by atoms with E-state index in [1.807, 2.05) is 13.0 Å². The lowest BCUT2D eigenvalue weighted by Gasteiger charge is -2.29. The van der Waals surface area contributed by atoms with Crippen molar-refractivity contribution in [2.75, 3.05) is 6.61 Å². The zero-order valence-electron chi connectivity index (χ0n) is 18.8. The number of benzene rings is 1. The van der Waals surface area contributed by atoms with Crippen LogP contribution in [0, 0.1) is 5.82 Å². The predicted octanol–water partition coefficient (Wildman–Crippen LogP) is 4.64. The van der Waals surface area contributed by atoms with Crippen LogP contribution in [0.25, 0.3) is 10.2 Å². The van der Waals surface area contributed by atoms with Gasteiger partial charge in [0.25, 0.3) is 5.19 Å². The van der Waals surface area contributed by atoms with Gasteiger partial charge in [-0.15, -0.1) is 0 Å². The lowest BCUT2D eigenvalue weighted by Crippen LogP contribution is -2.36. The molecule has 1 fully saturated rings. The van der Waals surface area contributed by atoms with E-state index >= 15 is 0 Å². The minimum absolute atomic E-state index is 0.0105. The summed E-state index contributed by atoms with van der Waals surface area (Å²) in [5.41, 5.74) is 1.63. The Morgan fingerprint density at radius 2 is 1.94 bits per heavy atom. The highest BCUT2D eigenvalue weighted by atomic mass is 32.1. The molecule has 0 unspecified atom stereocenters. The molecule has 1 N–H and O–H groups in total. The van der Waals surface area contributed by atoms with E-state index in [4.69, 9.17) is 14.2 Å². The number of nitrogens with zero attached hydrogens (tertiary/aromatic N) is 2. The zero-order chi connectivity index (χ0) is 23.2. The molecule has 1 amide bonds. The third kappa shape index (κ3) is 6.85. The first-order valence-corrected chi connectivity index (χ1v) is 12.0. The van der Waals surface area contributed by atoms with Crippen LogP contribution < -0.4 is 14.8 Å². The highest BCUT2D eigenvalue weighted by Gasteiger charge is 2.24. The number of amides is 1. The Morgan fingerprint density at radius 3 is 2.67 bits per heavy atom. The number of hydrogen-bond acceptors (Lipinski definition) is 7. The number of thiazole rings is 1. The van der Waals surface area contributed by atoms with Crippen LogP contribution in [-0.4, -0.2) is 40.7 Å². The molecule has 1 aliphatic rings. The van der Waals surface area contributed by atoms with Crippen LogP contribution in [0.15, 0.2) is 36.5 Å². The summed E-state index contributed by atoms with van der Waals surface area (Å²) < 4.78 is 31.8. The van der Waals surface area contributed by atoms with E-state index in [-0.39, 0.29) is 30.0 Å². The highest BCUT2D eigenvalue weighted by molar-refractivity contribution is 7.20. The second kappa shape index (κ2) is 10.9. The molecule has 0 bridgehead atoms. The molecule has 4 rings (SSSR count). The van der Waals surface area contributed by atoms with Gasteiger partial charge in [0.2, 0.25) is 11.8 Å². The van der Waals surface area contributed by atoms with Gasteiger partial charge in [0.15, 0.2) is 0 Å². The normalized spacial score (nSPS) is 19.2. The number of halogens is 1. The summed E-state index contributed by atoms with van der Waals surface area (Å²) in [7, 11) is 0. The van der Waals surface area contributed by atoms with Crippen LogP contribution in [0.5, 0.6) is 11.1 Å². The van der Waals surface area contributed by atoms with Gasteiger partial charge >= 0.3 is 0 Å². The number of nitrogens with one attached hydrogen (secondary N) is 1. The third-order valence-electron chi connectivity index (χ3n) is 5.45. The van der Waals surface area contributed by atoms with Crippen LogP contribution in [0.1, 0.15) is 45.1 Å². The number of rotatable bonds is 9. The van der Waals surface area contributed by atoms with Crippen molar-refractivity contribution in [1.82, 2.24) is 15.3 Å². The number of hydrogen-bond donors (Lipinski definition) is 1. The summed E-state index contributed by atoms with van der Waals surface area (Å²) in [5, 5.41) is 3.38. The van der Waals surface area contributed by atoms with Gasteiger partial charge in [-0.05, 0) is 50.3 Å². The number of ether oxygens (including phenoxy) is 3. The van der Waals surface area contributed by atoms with E-state index in [2.05, 4.69) is 15.3 Å². The summed E-state index contributed by atoms with van der Waals surface area (Å²) in [6.45, 7) is 4.30. The Morgan fingerprint density at radius 1 is 1.21 bits per heavy atom. The lowest BCUT2D eigenvalue weighted by atomic mass is 9.95. The molecule has 2 aromatic heterocycles. The predicted molar refractivity (Wildman–Crippen MR) is 124 cm³/mol. The van der Waals surface area contributed by atoms with Crippen molar-refractivity contribution >= 4 is 27.5 Å². The van der Waals surface area contributed by atoms with Gasteiger partial charge in [-0.25, -0.2) is 14.4 Å². The van der Waals surface area contributed by atoms with Crippen molar-refractivity contribution < 1.29 is 23.4 Å². The number of pyridine rings is 1. The van der Waals surface area contributed by atoms with Gasteiger partial charge in [-0.2, -0.15) is 0 Å². The Kier molecular flexibility index (Phi) is 7.72. The average Bonchev–Trinajstić information content (AvgIpc) is 3.20. The monoisotopic (exact) mass is 473 g/mol. The number of fused-ring (bicyclic) bond motifs is 1. The average molecular weight is 474 g/mol. The Labute approximate surface area is 196 Å². The van der Waals surface area contributed by atoms with Crippen LogP contribution in [0.4, 0.5) is 4.39 Å². The first kappa shape index (κ1) is 23.4. The molecular weight excluding hydrogens is 445 g/mol. The lowest BCUT2D eigenvalue weighted by molar-refractivity contribution is -0.120. The molecule has 1 aliphatic carbocycles. The van der Waals surface area contributed by atoms with Crippen LogP contribution >= 0.6 is 11.3 Å². The molecule has 33 heavy (non-hydrogen) atoms. The second-order valence-electron chi connectivity index (χ2n) is 8.34. The van der Waals surface area contributed by atoms with Gasteiger partial charge < -0.3 is 19.5 Å². The molecule has 3 aromatic rings. The van der Waals surface area contributed by atoms with Gasteiger partial charge in [0, 0.05) is 19.0 Å².